The minimum atomic E-state index is -0.0753. The van der Waals surface area contributed by atoms with Crippen molar-refractivity contribution in [3.05, 3.63) is 29.8 Å². The molecule has 24 heavy (non-hydrogen) atoms. The van der Waals surface area contributed by atoms with Gasteiger partial charge in [0.2, 0.25) is 5.91 Å². The van der Waals surface area contributed by atoms with E-state index in [1.807, 2.05) is 6.92 Å². The van der Waals surface area contributed by atoms with Gasteiger partial charge in [-0.2, -0.15) is 0 Å². The van der Waals surface area contributed by atoms with Gasteiger partial charge in [0.15, 0.2) is 0 Å². The summed E-state index contributed by atoms with van der Waals surface area (Å²) in [7, 11) is 0. The van der Waals surface area contributed by atoms with Crippen LogP contribution in [0.2, 0.25) is 0 Å². The fourth-order valence-corrected chi connectivity index (χ4v) is 2.95. The third-order valence-corrected chi connectivity index (χ3v) is 4.90. The quantitative estimate of drug-likeness (QED) is 0.762. The van der Waals surface area contributed by atoms with E-state index in [0.717, 1.165) is 31.6 Å². The molecule has 0 saturated carbocycles. The lowest BCUT2D eigenvalue weighted by atomic mass is 9.88. The van der Waals surface area contributed by atoms with Crippen molar-refractivity contribution in [1.82, 2.24) is 10.6 Å². The van der Waals surface area contributed by atoms with Crippen molar-refractivity contribution >= 4 is 17.5 Å². The van der Waals surface area contributed by atoms with Crippen LogP contribution in [0.25, 0.3) is 0 Å². The number of anilines is 1. The molecule has 2 fully saturated rings. The number of ether oxygens (including phenoxy) is 1. The maximum Gasteiger partial charge on any atom is 0.251 e. The van der Waals surface area contributed by atoms with E-state index in [0.29, 0.717) is 24.7 Å². The topological polar surface area (TPSA) is 79.5 Å². The van der Waals surface area contributed by atoms with Gasteiger partial charge in [-0.3, -0.25) is 9.59 Å². The highest BCUT2D eigenvalue weighted by molar-refractivity contribution is 5.96. The van der Waals surface area contributed by atoms with Crippen LogP contribution in [-0.4, -0.2) is 44.2 Å². The number of amides is 2. The zero-order valence-corrected chi connectivity index (χ0v) is 14.0. The minimum Gasteiger partial charge on any atom is -0.381 e. The van der Waals surface area contributed by atoms with Crippen molar-refractivity contribution in [1.29, 1.82) is 0 Å². The molecule has 0 aliphatic carbocycles. The number of hydrogen-bond donors (Lipinski definition) is 3. The number of carbonyl (C=O) groups is 2. The van der Waals surface area contributed by atoms with Crippen molar-refractivity contribution in [3.8, 4) is 0 Å². The molecule has 6 nitrogen and oxygen atoms in total. The zero-order valence-electron chi connectivity index (χ0n) is 14.0. The molecule has 0 aromatic heterocycles. The number of benzene rings is 1. The van der Waals surface area contributed by atoms with Crippen LogP contribution in [-0.2, 0) is 9.53 Å². The second-order valence-electron chi connectivity index (χ2n) is 6.63. The molecule has 2 amide bonds. The molecule has 3 rings (SSSR count). The van der Waals surface area contributed by atoms with Crippen molar-refractivity contribution in [2.45, 2.75) is 25.8 Å². The Morgan fingerprint density at radius 2 is 1.83 bits per heavy atom. The Morgan fingerprint density at radius 3 is 2.42 bits per heavy atom. The first-order valence-electron chi connectivity index (χ1n) is 8.64. The Kier molecular flexibility index (Phi) is 5.48. The lowest BCUT2D eigenvalue weighted by Gasteiger charge is -2.31. The first-order chi connectivity index (χ1) is 11.6. The highest BCUT2D eigenvalue weighted by Crippen LogP contribution is 2.19. The summed E-state index contributed by atoms with van der Waals surface area (Å²) in [5, 5.41) is 9.14. The summed E-state index contributed by atoms with van der Waals surface area (Å²) in [6.07, 6.45) is 1.71. The average molecular weight is 331 g/mol. The first-order valence-corrected chi connectivity index (χ1v) is 8.64. The van der Waals surface area contributed by atoms with Crippen molar-refractivity contribution in [2.75, 3.05) is 31.6 Å². The second-order valence-corrected chi connectivity index (χ2v) is 6.63. The summed E-state index contributed by atoms with van der Waals surface area (Å²) in [5.74, 6) is 0.354. The van der Waals surface area contributed by atoms with Gasteiger partial charge in [0, 0.05) is 36.4 Å². The van der Waals surface area contributed by atoms with Gasteiger partial charge < -0.3 is 20.7 Å². The van der Waals surface area contributed by atoms with Crippen LogP contribution in [0.3, 0.4) is 0 Å². The van der Waals surface area contributed by atoms with E-state index in [9.17, 15) is 9.59 Å². The summed E-state index contributed by atoms with van der Waals surface area (Å²) < 4.78 is 5.29. The summed E-state index contributed by atoms with van der Waals surface area (Å²) in [6.45, 7) is 5.16. The van der Waals surface area contributed by atoms with Gasteiger partial charge in [0.1, 0.15) is 0 Å². The van der Waals surface area contributed by atoms with E-state index in [2.05, 4.69) is 16.0 Å². The van der Waals surface area contributed by atoms with E-state index < -0.39 is 0 Å². The van der Waals surface area contributed by atoms with Crippen LogP contribution in [0.15, 0.2) is 24.3 Å². The third-order valence-electron chi connectivity index (χ3n) is 4.90. The van der Waals surface area contributed by atoms with Crippen LogP contribution < -0.4 is 16.0 Å². The van der Waals surface area contributed by atoms with Gasteiger partial charge >= 0.3 is 0 Å². The Bertz CT molecular complexity index is 578. The monoisotopic (exact) mass is 331 g/mol. The van der Waals surface area contributed by atoms with Gasteiger partial charge in [-0.15, -0.1) is 0 Å². The van der Waals surface area contributed by atoms with Crippen LogP contribution in [0, 0.1) is 11.8 Å². The smallest absolute Gasteiger partial charge is 0.251 e. The summed E-state index contributed by atoms with van der Waals surface area (Å²) in [4.78, 5) is 24.4. The fraction of sp³-hybridized carbons (Fsp3) is 0.556. The molecule has 6 heteroatoms. The van der Waals surface area contributed by atoms with Crippen LogP contribution in [0.4, 0.5) is 5.69 Å². The molecule has 2 saturated heterocycles. The first kappa shape index (κ1) is 16.9. The zero-order chi connectivity index (χ0) is 16.9. The standard InChI is InChI=1S/C18H25N3O3/c1-12(14-10-19-11-14)17(22)20-15-4-2-13(3-5-15)18(23)21-16-6-8-24-9-7-16/h2-5,12,14,16,19H,6-11H2,1H3,(H,20,22)(H,21,23). The molecular formula is C18H25N3O3. The number of rotatable bonds is 5. The fourth-order valence-electron chi connectivity index (χ4n) is 2.95. The lowest BCUT2D eigenvalue weighted by Crippen LogP contribution is -2.48. The summed E-state index contributed by atoms with van der Waals surface area (Å²) in [5.41, 5.74) is 1.33. The molecule has 1 unspecified atom stereocenters. The Morgan fingerprint density at radius 1 is 1.17 bits per heavy atom. The van der Waals surface area contributed by atoms with Crippen LogP contribution >= 0.6 is 0 Å². The maximum absolute atomic E-state index is 12.2. The van der Waals surface area contributed by atoms with Crippen molar-refractivity contribution < 1.29 is 14.3 Å². The molecule has 130 valence electrons. The summed E-state index contributed by atoms with van der Waals surface area (Å²) in [6, 6.07) is 7.24. The molecule has 1 aromatic rings. The largest absolute Gasteiger partial charge is 0.381 e. The Hall–Kier alpha value is -1.92. The molecule has 0 spiro atoms. The van der Waals surface area contributed by atoms with Crippen molar-refractivity contribution in [2.24, 2.45) is 11.8 Å². The Labute approximate surface area is 142 Å². The molecule has 2 heterocycles. The van der Waals surface area contributed by atoms with E-state index in [1.165, 1.54) is 0 Å². The predicted molar refractivity (Wildman–Crippen MR) is 91.9 cm³/mol. The van der Waals surface area contributed by atoms with Gasteiger partial charge in [-0.25, -0.2) is 0 Å². The lowest BCUT2D eigenvalue weighted by molar-refractivity contribution is -0.121. The number of hydrogen-bond acceptors (Lipinski definition) is 4. The van der Waals surface area contributed by atoms with E-state index >= 15 is 0 Å². The average Bonchev–Trinajstić information content (AvgIpc) is 2.54. The molecule has 1 atom stereocenters. The summed E-state index contributed by atoms with van der Waals surface area (Å²) >= 11 is 0. The highest BCUT2D eigenvalue weighted by Gasteiger charge is 2.28. The number of carbonyl (C=O) groups excluding carboxylic acids is 2. The van der Waals surface area contributed by atoms with E-state index in [-0.39, 0.29) is 23.8 Å². The highest BCUT2D eigenvalue weighted by atomic mass is 16.5. The molecule has 1 aromatic carbocycles. The van der Waals surface area contributed by atoms with Gasteiger partial charge in [-0.1, -0.05) is 6.92 Å². The van der Waals surface area contributed by atoms with E-state index in [4.69, 9.17) is 4.74 Å². The maximum atomic E-state index is 12.2. The Balaban J connectivity index is 1.52. The van der Waals surface area contributed by atoms with Crippen LogP contribution in [0.5, 0.6) is 0 Å². The van der Waals surface area contributed by atoms with Gasteiger partial charge in [0.05, 0.1) is 0 Å². The van der Waals surface area contributed by atoms with Gasteiger partial charge in [-0.05, 0) is 56.1 Å². The molecular weight excluding hydrogens is 306 g/mol. The SMILES string of the molecule is CC(C(=O)Nc1ccc(C(=O)NC2CCOCC2)cc1)C1CNC1. The second kappa shape index (κ2) is 7.77. The normalized spacial score (nSPS) is 20.0. The van der Waals surface area contributed by atoms with Crippen molar-refractivity contribution in [3.63, 3.8) is 0 Å². The predicted octanol–water partition coefficient (Wildman–Crippen LogP) is 1.39. The minimum absolute atomic E-state index is 0.0113. The van der Waals surface area contributed by atoms with E-state index in [1.54, 1.807) is 24.3 Å². The molecule has 2 aliphatic rings. The molecule has 2 aliphatic heterocycles. The molecule has 0 radical (unpaired) electrons. The molecule has 0 bridgehead atoms. The number of nitrogens with one attached hydrogen (secondary N) is 3. The van der Waals surface area contributed by atoms with Gasteiger partial charge in [0.25, 0.3) is 5.91 Å². The molecule has 3 N–H and O–H groups in total. The van der Waals surface area contributed by atoms with Crippen LogP contribution in [0.1, 0.15) is 30.1 Å². The third kappa shape index (κ3) is 4.13.